The van der Waals surface area contributed by atoms with Gasteiger partial charge in [0.05, 0.1) is 21.2 Å². The Balaban J connectivity index is 1.81. The number of likely N-dealkylation sites (tertiary alicyclic amines) is 1. The van der Waals surface area contributed by atoms with Gasteiger partial charge in [-0.15, -0.1) is 0 Å². The number of carbonyl (C=O) groups excluding carboxylic acids is 1. The number of hydrogen-bond donors (Lipinski definition) is 1. The van der Waals surface area contributed by atoms with Crippen LogP contribution in [0.15, 0.2) is 36.4 Å². The zero-order chi connectivity index (χ0) is 26.7. The molecule has 198 valence electrons. The van der Waals surface area contributed by atoms with Crippen LogP contribution in [0.3, 0.4) is 0 Å². The molecule has 0 bridgehead atoms. The van der Waals surface area contributed by atoms with Gasteiger partial charge in [-0.25, -0.2) is 0 Å². The summed E-state index contributed by atoms with van der Waals surface area (Å²) in [6, 6.07) is 6.26. The van der Waals surface area contributed by atoms with Crippen molar-refractivity contribution in [3.63, 3.8) is 0 Å². The molecule has 1 heterocycles. The maximum atomic E-state index is 13.2. The minimum atomic E-state index is -5.04. The van der Waals surface area contributed by atoms with Gasteiger partial charge in [0, 0.05) is 24.1 Å². The van der Waals surface area contributed by atoms with E-state index in [0.29, 0.717) is 41.2 Å². The Morgan fingerprint density at radius 1 is 1.00 bits per heavy atom. The number of amides is 1. The quantitative estimate of drug-likeness (QED) is 0.354. The second kappa shape index (κ2) is 11.6. The summed E-state index contributed by atoms with van der Waals surface area (Å²) >= 11 is 12.2. The summed E-state index contributed by atoms with van der Waals surface area (Å²) in [5.74, 6) is -1.31. The molecule has 36 heavy (non-hydrogen) atoms. The van der Waals surface area contributed by atoms with Crippen LogP contribution < -0.4 is 5.32 Å². The molecule has 0 aromatic heterocycles. The Bertz CT molecular complexity index is 1040. The topological polar surface area (TPSA) is 32.3 Å². The minimum absolute atomic E-state index is 0.00336. The van der Waals surface area contributed by atoms with E-state index in [9.17, 15) is 31.1 Å². The van der Waals surface area contributed by atoms with Gasteiger partial charge < -0.3 is 10.2 Å². The van der Waals surface area contributed by atoms with Gasteiger partial charge in [-0.2, -0.15) is 26.3 Å². The van der Waals surface area contributed by atoms with Crippen LogP contribution in [0.1, 0.15) is 65.6 Å². The van der Waals surface area contributed by atoms with Crippen molar-refractivity contribution in [2.75, 3.05) is 19.6 Å². The predicted molar refractivity (Wildman–Crippen MR) is 127 cm³/mol. The van der Waals surface area contributed by atoms with Crippen LogP contribution >= 0.6 is 23.2 Å². The molecule has 3 rings (SSSR count). The molecular weight excluding hydrogens is 529 g/mol. The fourth-order valence-electron chi connectivity index (χ4n) is 4.37. The molecule has 1 amide bonds. The lowest BCUT2D eigenvalue weighted by Crippen LogP contribution is -2.39. The lowest BCUT2D eigenvalue weighted by Gasteiger charge is -2.34. The molecular formula is C25H26Cl2F6N2O. The highest BCUT2D eigenvalue weighted by molar-refractivity contribution is 6.42. The summed E-state index contributed by atoms with van der Waals surface area (Å²) in [5.41, 5.74) is -3.03. The van der Waals surface area contributed by atoms with E-state index in [1.165, 1.54) is 0 Å². The van der Waals surface area contributed by atoms with Gasteiger partial charge in [-0.1, -0.05) is 35.7 Å². The molecule has 0 spiro atoms. The molecule has 1 N–H and O–H groups in total. The van der Waals surface area contributed by atoms with Crippen molar-refractivity contribution in [2.45, 2.75) is 56.9 Å². The van der Waals surface area contributed by atoms with Gasteiger partial charge in [0.2, 0.25) is 0 Å². The Kier molecular flexibility index (Phi) is 9.22. The van der Waals surface area contributed by atoms with Crippen LogP contribution in [0.2, 0.25) is 10.0 Å². The third-order valence-electron chi connectivity index (χ3n) is 6.48. The maximum absolute atomic E-state index is 13.2. The highest BCUT2D eigenvalue weighted by Gasteiger charge is 2.37. The average molecular weight is 555 g/mol. The van der Waals surface area contributed by atoms with Crippen LogP contribution in [0.4, 0.5) is 26.3 Å². The zero-order valence-corrected chi connectivity index (χ0v) is 21.0. The lowest BCUT2D eigenvalue weighted by atomic mass is 9.94. The van der Waals surface area contributed by atoms with E-state index in [1.807, 2.05) is 0 Å². The van der Waals surface area contributed by atoms with Crippen LogP contribution in [0.5, 0.6) is 0 Å². The highest BCUT2D eigenvalue weighted by Crippen LogP contribution is 2.36. The first-order valence-corrected chi connectivity index (χ1v) is 12.3. The fourth-order valence-corrected chi connectivity index (χ4v) is 4.67. The van der Waals surface area contributed by atoms with Crippen molar-refractivity contribution in [1.29, 1.82) is 0 Å². The zero-order valence-electron chi connectivity index (χ0n) is 19.4. The van der Waals surface area contributed by atoms with Gasteiger partial charge in [0.1, 0.15) is 0 Å². The summed E-state index contributed by atoms with van der Waals surface area (Å²) in [7, 11) is 0. The van der Waals surface area contributed by atoms with Crippen LogP contribution in [-0.2, 0) is 12.4 Å². The molecule has 1 fully saturated rings. The third kappa shape index (κ3) is 7.52. The van der Waals surface area contributed by atoms with Crippen LogP contribution in [0.25, 0.3) is 0 Å². The summed E-state index contributed by atoms with van der Waals surface area (Å²) in [6.45, 7) is 3.79. The summed E-state index contributed by atoms with van der Waals surface area (Å²) in [5, 5.41) is 3.17. The molecule has 2 unspecified atom stereocenters. The molecule has 0 saturated carbocycles. The summed E-state index contributed by atoms with van der Waals surface area (Å²) in [4.78, 5) is 15.0. The van der Waals surface area contributed by atoms with Crippen molar-refractivity contribution in [3.8, 4) is 0 Å². The average Bonchev–Trinajstić information content (AvgIpc) is 2.80. The minimum Gasteiger partial charge on any atom is -0.351 e. The first-order valence-electron chi connectivity index (χ1n) is 11.5. The molecule has 1 aliphatic rings. The fraction of sp³-hybridized carbons (Fsp3) is 0.480. The first-order chi connectivity index (χ1) is 16.8. The second-order valence-electron chi connectivity index (χ2n) is 9.04. The number of benzene rings is 2. The molecule has 2 aromatic carbocycles. The summed E-state index contributed by atoms with van der Waals surface area (Å²) in [6.07, 6.45) is -6.17. The van der Waals surface area contributed by atoms with E-state index in [-0.39, 0.29) is 18.5 Å². The Hall–Kier alpha value is -1.97. The summed E-state index contributed by atoms with van der Waals surface area (Å²) < 4.78 is 79.1. The molecule has 1 aliphatic heterocycles. The van der Waals surface area contributed by atoms with Gasteiger partial charge in [-0.05, 0) is 75.2 Å². The number of nitrogens with one attached hydrogen (secondary N) is 1. The molecule has 3 nitrogen and oxygen atoms in total. The van der Waals surface area contributed by atoms with E-state index in [2.05, 4.69) is 17.1 Å². The number of piperidine rings is 1. The second-order valence-corrected chi connectivity index (χ2v) is 9.86. The maximum Gasteiger partial charge on any atom is 0.416 e. The highest BCUT2D eigenvalue weighted by atomic mass is 35.5. The van der Waals surface area contributed by atoms with Crippen molar-refractivity contribution < 1.29 is 31.1 Å². The standard InChI is InChI=1S/C25H26Cl2F6N2O/c1-15-4-2-3-8-35(15)9-7-17(16-5-6-21(26)22(27)12-16)14-34-23(36)18-10-19(24(28,29)30)13-20(11-18)25(31,32)33/h5-6,10-13,15,17H,2-4,7-9,14H2,1H3,(H,34,36). The van der Waals surface area contributed by atoms with E-state index in [4.69, 9.17) is 23.2 Å². The Labute approximate surface area is 215 Å². The van der Waals surface area contributed by atoms with Gasteiger partial charge in [-0.3, -0.25) is 4.79 Å². The number of carbonyl (C=O) groups is 1. The number of alkyl halides is 6. The van der Waals surface area contributed by atoms with Crippen molar-refractivity contribution >= 4 is 29.1 Å². The van der Waals surface area contributed by atoms with Crippen LogP contribution in [-0.4, -0.2) is 36.5 Å². The predicted octanol–water partition coefficient (Wildman–Crippen LogP) is 7.81. The Morgan fingerprint density at radius 3 is 2.19 bits per heavy atom. The van der Waals surface area contributed by atoms with E-state index in [1.54, 1.807) is 18.2 Å². The number of hydrogen-bond acceptors (Lipinski definition) is 2. The van der Waals surface area contributed by atoms with Crippen molar-refractivity contribution in [2.24, 2.45) is 0 Å². The van der Waals surface area contributed by atoms with Crippen molar-refractivity contribution in [1.82, 2.24) is 10.2 Å². The largest absolute Gasteiger partial charge is 0.416 e. The van der Waals surface area contributed by atoms with Crippen molar-refractivity contribution in [3.05, 3.63) is 68.7 Å². The Morgan fingerprint density at radius 2 is 1.64 bits per heavy atom. The molecule has 0 radical (unpaired) electrons. The van der Waals surface area contributed by atoms with E-state index in [0.717, 1.165) is 31.4 Å². The van der Waals surface area contributed by atoms with E-state index < -0.39 is 35.0 Å². The third-order valence-corrected chi connectivity index (χ3v) is 7.22. The van der Waals surface area contributed by atoms with Gasteiger partial charge in [0.15, 0.2) is 0 Å². The molecule has 1 saturated heterocycles. The lowest BCUT2D eigenvalue weighted by molar-refractivity contribution is -0.143. The monoisotopic (exact) mass is 554 g/mol. The molecule has 11 heteroatoms. The SMILES string of the molecule is CC1CCCCN1CCC(CNC(=O)c1cc(C(F)(F)F)cc(C(F)(F)F)c1)c1ccc(Cl)c(Cl)c1. The number of halogens is 8. The normalized spacial score (nSPS) is 18.2. The number of rotatable bonds is 7. The first kappa shape index (κ1) is 28.6. The van der Waals surface area contributed by atoms with E-state index >= 15 is 0 Å². The van der Waals surface area contributed by atoms with Gasteiger partial charge >= 0.3 is 12.4 Å². The molecule has 0 aliphatic carbocycles. The number of nitrogens with zero attached hydrogens (tertiary/aromatic N) is 1. The molecule has 2 atom stereocenters. The smallest absolute Gasteiger partial charge is 0.351 e. The van der Waals surface area contributed by atoms with Gasteiger partial charge in [0.25, 0.3) is 5.91 Å². The molecule has 2 aromatic rings. The van der Waals surface area contributed by atoms with Crippen LogP contribution in [0, 0.1) is 0 Å².